The van der Waals surface area contributed by atoms with Gasteiger partial charge in [0.05, 0.1) is 27.9 Å². The van der Waals surface area contributed by atoms with Gasteiger partial charge in [0.1, 0.15) is 17.2 Å². The Morgan fingerprint density at radius 3 is 2.04 bits per heavy atom. The molecule has 0 spiro atoms. The first kappa shape index (κ1) is 41.8. The van der Waals surface area contributed by atoms with E-state index < -0.39 is 6.85 Å². The monoisotopic (exact) mass is 1060 g/mol. The molecular weight excluding hydrogens is 1000 g/mol. The smallest absolute Gasteiger partial charge is 0.148 e. The fourth-order valence-corrected chi connectivity index (χ4v) is 9.10. The van der Waals surface area contributed by atoms with Crippen LogP contribution in [-0.4, -0.2) is 19.6 Å². The van der Waals surface area contributed by atoms with Crippen molar-refractivity contribution in [1.82, 2.24) is 14.5 Å². The number of phenols is 1. The van der Waals surface area contributed by atoms with E-state index in [4.69, 9.17) is 18.5 Å². The Bertz CT molecular complexity index is 3610. The molecule has 0 aliphatic carbocycles. The second-order valence-corrected chi connectivity index (χ2v) is 20.6. The van der Waals surface area contributed by atoms with E-state index in [2.05, 4.69) is 158 Å². The quantitative estimate of drug-likeness (QED) is 0.169. The Morgan fingerprint density at radius 1 is 0.612 bits per heavy atom. The number of imidazole rings is 1. The van der Waals surface area contributed by atoms with Crippen LogP contribution in [-0.2, 0) is 37.3 Å². The molecule has 1 N–H and O–H groups in total. The number of hydrogen-bond donors (Lipinski definition) is 1. The Balaban J connectivity index is 0.00000608. The van der Waals surface area contributed by atoms with Gasteiger partial charge in [-0.25, -0.2) is 4.98 Å². The summed E-state index contributed by atoms with van der Waals surface area (Å²) >= 11 is 0. The summed E-state index contributed by atoms with van der Waals surface area (Å²) < 4.78 is 32.6. The van der Waals surface area contributed by atoms with Gasteiger partial charge in [-0.2, -0.15) is 0 Å². The van der Waals surface area contributed by atoms with Gasteiger partial charge >= 0.3 is 0 Å². The number of nitrogens with zero attached hydrogens (tertiary/aromatic N) is 3. The molecule has 0 aliphatic rings. The molecule has 0 amide bonds. The number of benzene rings is 7. The van der Waals surface area contributed by atoms with E-state index in [9.17, 15) is 5.11 Å². The van der Waals surface area contributed by atoms with Gasteiger partial charge in [0.15, 0.2) is 0 Å². The van der Waals surface area contributed by atoms with Crippen molar-refractivity contribution in [3.8, 4) is 67.5 Å². The third kappa shape index (κ3) is 8.33. The molecule has 10 rings (SSSR count). The zero-order valence-electron chi connectivity index (χ0n) is 42.4. The first-order valence-electron chi connectivity index (χ1n) is 24.2. The van der Waals surface area contributed by atoms with E-state index in [-0.39, 0.29) is 48.6 Å². The summed E-state index contributed by atoms with van der Waals surface area (Å²) in [5, 5.41) is 14.5. The third-order valence-corrected chi connectivity index (χ3v) is 12.8. The van der Waals surface area contributed by atoms with Gasteiger partial charge in [0, 0.05) is 53.6 Å². The maximum Gasteiger partial charge on any atom is 0.148 e. The van der Waals surface area contributed by atoms with Crippen LogP contribution in [0.3, 0.4) is 0 Å². The van der Waals surface area contributed by atoms with Crippen molar-refractivity contribution >= 4 is 33.0 Å². The van der Waals surface area contributed by atoms with Crippen molar-refractivity contribution in [2.45, 2.75) is 85.4 Å². The van der Waals surface area contributed by atoms with Crippen molar-refractivity contribution in [3.63, 3.8) is 0 Å². The Labute approximate surface area is 413 Å². The molecule has 10 aromatic rings. The molecule has 5 nitrogen and oxygen atoms in total. The van der Waals surface area contributed by atoms with E-state index in [1.807, 2.05) is 48.5 Å². The van der Waals surface area contributed by atoms with Crippen LogP contribution >= 0.6 is 0 Å². The third-order valence-electron chi connectivity index (χ3n) is 12.8. The predicted octanol–water partition coefficient (Wildman–Crippen LogP) is 16.4. The van der Waals surface area contributed by atoms with Crippen molar-refractivity contribution < 1.29 is 34.7 Å². The summed E-state index contributed by atoms with van der Waals surface area (Å²) in [5.74, 6) is 0.835. The number of aromatic nitrogens is 3. The van der Waals surface area contributed by atoms with E-state index in [1.165, 1.54) is 5.56 Å². The van der Waals surface area contributed by atoms with Crippen LogP contribution < -0.4 is 0 Å². The van der Waals surface area contributed by atoms with Crippen LogP contribution in [0.1, 0.15) is 88.7 Å². The molecule has 3 aromatic heterocycles. The van der Waals surface area contributed by atoms with Crippen LogP contribution in [0.4, 0.5) is 0 Å². The van der Waals surface area contributed by atoms with Gasteiger partial charge in [-0.1, -0.05) is 182 Å². The number of aromatic hydroxyl groups is 1. The van der Waals surface area contributed by atoms with Crippen LogP contribution in [0.5, 0.6) is 5.75 Å². The van der Waals surface area contributed by atoms with Gasteiger partial charge < -0.3 is 9.52 Å². The molecule has 3 heterocycles. The van der Waals surface area contributed by atoms with E-state index >= 15 is 0 Å². The molecule has 338 valence electrons. The first-order chi connectivity index (χ1) is 32.6. The van der Waals surface area contributed by atoms with E-state index in [0.29, 0.717) is 28.2 Å². The number of hydrogen-bond acceptors (Lipinski definition) is 4. The van der Waals surface area contributed by atoms with Crippen LogP contribution in [0.25, 0.3) is 94.7 Å². The summed E-state index contributed by atoms with van der Waals surface area (Å²) in [7, 11) is 0. The second-order valence-electron chi connectivity index (χ2n) is 20.6. The fraction of sp³-hybridized carbons (Fsp3) is 0.213. The molecule has 0 radical (unpaired) electrons. The minimum Gasteiger partial charge on any atom is -0.507 e. The molecular formula is C61H56N3O2Pt-. The SMILES string of the molecule is [2H]C([2H])([2H])c1ccc(-c2ccnc(-c3[c-]c(-c4cccc5c4nc(-c4cc(C(C)(C)C)cc(C(C)(C)C)c4O)n5-c4ccc(C(C)(C)C)cc4-c4ccccc4)cc4c3oc3ccccc34)c2)cc1.[Pt]. The summed E-state index contributed by atoms with van der Waals surface area (Å²) in [6, 6.07) is 52.7. The maximum absolute atomic E-state index is 12.6. The van der Waals surface area contributed by atoms with Crippen molar-refractivity contribution in [3.05, 3.63) is 180 Å². The number of pyridine rings is 1. The van der Waals surface area contributed by atoms with E-state index in [0.717, 1.165) is 77.6 Å². The Hall–Kier alpha value is -6.55. The van der Waals surface area contributed by atoms with Crippen LogP contribution in [0.2, 0.25) is 0 Å². The minimum absolute atomic E-state index is 0. The number of rotatable bonds is 6. The van der Waals surface area contributed by atoms with Gasteiger partial charge in [-0.15, -0.1) is 17.7 Å². The predicted molar refractivity (Wildman–Crippen MR) is 275 cm³/mol. The van der Waals surface area contributed by atoms with Crippen molar-refractivity contribution in [1.29, 1.82) is 0 Å². The molecule has 67 heavy (non-hydrogen) atoms. The largest absolute Gasteiger partial charge is 0.507 e. The molecule has 0 saturated carbocycles. The molecule has 6 heteroatoms. The number of para-hydroxylation sites is 2. The number of aryl methyl sites for hydroxylation is 1. The van der Waals surface area contributed by atoms with Crippen LogP contribution in [0.15, 0.2) is 156 Å². The Kier molecular flexibility index (Phi) is 10.6. The maximum atomic E-state index is 12.6. The van der Waals surface area contributed by atoms with Gasteiger partial charge in [-0.05, 0) is 92.7 Å². The molecule has 7 aromatic carbocycles. The molecule has 0 unspecified atom stereocenters. The molecule has 0 fully saturated rings. The Morgan fingerprint density at radius 2 is 1.33 bits per heavy atom. The van der Waals surface area contributed by atoms with E-state index in [1.54, 1.807) is 18.3 Å². The van der Waals surface area contributed by atoms with Crippen LogP contribution in [0, 0.1) is 12.9 Å². The van der Waals surface area contributed by atoms with Gasteiger partial charge in [0.25, 0.3) is 0 Å². The summed E-state index contributed by atoms with van der Waals surface area (Å²) in [5.41, 5.74) is 14.2. The molecule has 0 aliphatic heterocycles. The zero-order valence-corrected chi connectivity index (χ0v) is 41.7. The second kappa shape index (κ2) is 17.0. The number of fused-ring (bicyclic) bond motifs is 4. The average Bonchev–Trinajstić information content (AvgIpc) is 3.89. The minimum atomic E-state index is -2.20. The normalized spacial score (nSPS) is 13.1. The summed E-state index contributed by atoms with van der Waals surface area (Å²) in [6.07, 6.45) is 1.77. The average molecular weight is 1060 g/mol. The van der Waals surface area contributed by atoms with Crippen molar-refractivity contribution in [2.75, 3.05) is 0 Å². The van der Waals surface area contributed by atoms with Gasteiger partial charge in [0.2, 0.25) is 0 Å². The summed E-state index contributed by atoms with van der Waals surface area (Å²) in [4.78, 5) is 10.6. The number of phenolic OH excluding ortho intramolecular Hbond substituents is 1. The molecule has 0 saturated heterocycles. The first-order valence-corrected chi connectivity index (χ1v) is 22.7. The zero-order chi connectivity index (χ0) is 48.8. The topological polar surface area (TPSA) is 64.1 Å². The fourth-order valence-electron chi connectivity index (χ4n) is 9.10. The standard InChI is InChI=1S/C61H56N3O2.Pt/c1-37-23-25-38(26-24-37)40-29-30-62-51(33-40)48-32-41(31-47-45-19-14-15-22-54(45)66-57(47)48)44-20-16-21-53-55(44)63-58(49-35-43(60(5,6)7)36-50(56(49)65)61(8,9)10)64(53)52-28-27-42(59(2,3)4)34-46(52)39-17-12-11-13-18-39;/h11-31,33-36,65H,1-10H3;/q-1;/i1D3;. The van der Waals surface area contributed by atoms with Gasteiger partial charge in [-0.3, -0.25) is 9.55 Å². The number of furan rings is 1. The summed E-state index contributed by atoms with van der Waals surface area (Å²) in [6.45, 7) is 17.6. The molecule has 0 bridgehead atoms. The molecule has 0 atom stereocenters. The van der Waals surface area contributed by atoms with Crippen molar-refractivity contribution in [2.24, 2.45) is 0 Å².